The minimum absolute atomic E-state index is 0.872. The molecular formula is C10H17N3. The summed E-state index contributed by atoms with van der Waals surface area (Å²) in [7, 11) is 5.90. The monoisotopic (exact) mass is 179 g/mol. The lowest BCUT2D eigenvalue weighted by molar-refractivity contribution is 0.286. The van der Waals surface area contributed by atoms with Gasteiger partial charge in [0.2, 0.25) is 0 Å². The van der Waals surface area contributed by atoms with Crippen molar-refractivity contribution >= 4 is 5.69 Å². The molecule has 0 atom stereocenters. The van der Waals surface area contributed by atoms with E-state index < -0.39 is 0 Å². The van der Waals surface area contributed by atoms with Crippen LogP contribution in [0.3, 0.4) is 0 Å². The Kier molecular flexibility index (Phi) is 3.73. The van der Waals surface area contributed by atoms with E-state index in [1.54, 1.807) is 0 Å². The van der Waals surface area contributed by atoms with Crippen LogP contribution in [-0.2, 0) is 6.54 Å². The van der Waals surface area contributed by atoms with Gasteiger partial charge < -0.3 is 5.32 Å². The molecule has 0 fully saturated rings. The largest absolute Gasteiger partial charge is 0.388 e. The Morgan fingerprint density at radius 2 is 1.77 bits per heavy atom. The molecule has 72 valence electrons. The van der Waals surface area contributed by atoms with Crippen LogP contribution in [0.25, 0.3) is 0 Å². The molecule has 0 heterocycles. The lowest BCUT2D eigenvalue weighted by Gasteiger charge is -2.11. The van der Waals surface area contributed by atoms with E-state index in [0.717, 1.165) is 12.2 Å². The third-order valence-corrected chi connectivity index (χ3v) is 1.84. The fraction of sp³-hybridized carbons (Fsp3) is 0.400. The molecule has 13 heavy (non-hydrogen) atoms. The van der Waals surface area contributed by atoms with Crippen LogP contribution in [0, 0.1) is 0 Å². The summed E-state index contributed by atoms with van der Waals surface area (Å²) in [6, 6.07) is 8.38. The Balaban J connectivity index is 2.49. The third-order valence-electron chi connectivity index (χ3n) is 1.84. The first kappa shape index (κ1) is 10.0. The van der Waals surface area contributed by atoms with Crippen LogP contribution < -0.4 is 10.7 Å². The van der Waals surface area contributed by atoms with Crippen LogP contribution in [0.1, 0.15) is 5.56 Å². The summed E-state index contributed by atoms with van der Waals surface area (Å²) in [5, 5.41) is 5.04. The summed E-state index contributed by atoms with van der Waals surface area (Å²) in [4.78, 5) is 0. The van der Waals surface area contributed by atoms with Gasteiger partial charge in [-0.15, -0.1) is 0 Å². The molecule has 0 saturated carbocycles. The molecular weight excluding hydrogens is 162 g/mol. The van der Waals surface area contributed by atoms with Gasteiger partial charge in [0.05, 0.1) is 0 Å². The van der Waals surface area contributed by atoms with Crippen molar-refractivity contribution in [3.05, 3.63) is 29.8 Å². The third kappa shape index (κ3) is 3.44. The first-order chi connectivity index (χ1) is 6.22. The van der Waals surface area contributed by atoms with E-state index in [-0.39, 0.29) is 0 Å². The predicted octanol–water partition coefficient (Wildman–Crippen LogP) is 1.29. The van der Waals surface area contributed by atoms with Crippen LogP contribution in [-0.4, -0.2) is 26.2 Å². The molecule has 0 spiro atoms. The molecule has 3 heteroatoms. The summed E-state index contributed by atoms with van der Waals surface area (Å²) in [5.41, 5.74) is 5.64. The second-order valence-electron chi connectivity index (χ2n) is 3.18. The van der Waals surface area contributed by atoms with Crippen LogP contribution >= 0.6 is 0 Å². The number of benzene rings is 1. The van der Waals surface area contributed by atoms with Gasteiger partial charge in [0.15, 0.2) is 0 Å². The second-order valence-corrected chi connectivity index (χ2v) is 3.18. The molecule has 0 amide bonds. The van der Waals surface area contributed by atoms with Gasteiger partial charge in [0, 0.05) is 33.4 Å². The molecule has 0 aliphatic carbocycles. The summed E-state index contributed by atoms with van der Waals surface area (Å²) in [6.45, 7) is 0.872. The van der Waals surface area contributed by atoms with Crippen molar-refractivity contribution in [3.63, 3.8) is 0 Å². The Morgan fingerprint density at radius 1 is 1.15 bits per heavy atom. The lowest BCUT2D eigenvalue weighted by atomic mass is 10.2. The summed E-state index contributed by atoms with van der Waals surface area (Å²) >= 11 is 0. The number of hydrogen-bond acceptors (Lipinski definition) is 3. The highest BCUT2D eigenvalue weighted by atomic mass is 15.5. The SMILES string of the molecule is CNc1ccc(CNN(C)C)cc1. The van der Waals surface area contributed by atoms with Gasteiger partial charge in [-0.3, -0.25) is 10.4 Å². The Bertz CT molecular complexity index is 241. The van der Waals surface area contributed by atoms with Crippen molar-refractivity contribution in [1.82, 2.24) is 10.4 Å². The smallest absolute Gasteiger partial charge is 0.0353 e. The first-order valence-corrected chi connectivity index (χ1v) is 4.40. The van der Waals surface area contributed by atoms with E-state index in [0.29, 0.717) is 0 Å². The number of hydrogen-bond donors (Lipinski definition) is 2. The van der Waals surface area contributed by atoms with Crippen molar-refractivity contribution in [2.45, 2.75) is 6.54 Å². The second kappa shape index (κ2) is 4.84. The standard InChI is InChI=1S/C10H17N3/c1-11-10-6-4-9(5-7-10)8-12-13(2)3/h4-7,11-12H,8H2,1-3H3. The van der Waals surface area contributed by atoms with Crippen molar-refractivity contribution < 1.29 is 0 Å². The molecule has 0 aromatic heterocycles. The Hall–Kier alpha value is -1.06. The summed E-state index contributed by atoms with van der Waals surface area (Å²) in [5.74, 6) is 0. The van der Waals surface area contributed by atoms with Gasteiger partial charge in [-0.25, -0.2) is 0 Å². The maximum absolute atomic E-state index is 3.21. The van der Waals surface area contributed by atoms with Crippen molar-refractivity contribution in [2.24, 2.45) is 0 Å². The van der Waals surface area contributed by atoms with E-state index in [1.165, 1.54) is 5.56 Å². The number of nitrogens with zero attached hydrogens (tertiary/aromatic N) is 1. The molecule has 0 aliphatic heterocycles. The van der Waals surface area contributed by atoms with Gasteiger partial charge in [0.25, 0.3) is 0 Å². The van der Waals surface area contributed by atoms with Crippen LogP contribution in [0.4, 0.5) is 5.69 Å². The van der Waals surface area contributed by atoms with E-state index in [9.17, 15) is 0 Å². The molecule has 0 bridgehead atoms. The number of rotatable bonds is 4. The molecule has 1 aromatic carbocycles. The van der Waals surface area contributed by atoms with Gasteiger partial charge >= 0.3 is 0 Å². The van der Waals surface area contributed by atoms with E-state index in [4.69, 9.17) is 0 Å². The van der Waals surface area contributed by atoms with Gasteiger partial charge in [-0.05, 0) is 17.7 Å². The normalized spacial score (nSPS) is 10.5. The highest BCUT2D eigenvalue weighted by molar-refractivity contribution is 5.43. The molecule has 0 aliphatic rings. The van der Waals surface area contributed by atoms with Crippen LogP contribution in [0.2, 0.25) is 0 Å². The zero-order valence-electron chi connectivity index (χ0n) is 8.46. The number of hydrazine groups is 1. The maximum atomic E-state index is 3.21. The summed E-state index contributed by atoms with van der Waals surface area (Å²) in [6.07, 6.45) is 0. The van der Waals surface area contributed by atoms with Crippen LogP contribution in [0.5, 0.6) is 0 Å². The minimum atomic E-state index is 0.872. The lowest BCUT2D eigenvalue weighted by Crippen LogP contribution is -2.29. The average Bonchev–Trinajstić information content (AvgIpc) is 2.15. The average molecular weight is 179 g/mol. The van der Waals surface area contributed by atoms with E-state index in [1.807, 2.05) is 26.2 Å². The fourth-order valence-electron chi connectivity index (χ4n) is 1.04. The molecule has 0 saturated heterocycles. The highest BCUT2D eigenvalue weighted by Crippen LogP contribution is 2.07. The highest BCUT2D eigenvalue weighted by Gasteiger charge is 1.93. The van der Waals surface area contributed by atoms with Crippen molar-refractivity contribution in [3.8, 4) is 0 Å². The quantitative estimate of drug-likeness (QED) is 0.682. The number of anilines is 1. The van der Waals surface area contributed by atoms with Gasteiger partial charge in [0.1, 0.15) is 0 Å². The zero-order chi connectivity index (χ0) is 9.68. The Labute approximate surface area is 79.7 Å². The van der Waals surface area contributed by atoms with Crippen molar-refractivity contribution in [2.75, 3.05) is 26.5 Å². The minimum Gasteiger partial charge on any atom is -0.388 e. The van der Waals surface area contributed by atoms with Crippen LogP contribution in [0.15, 0.2) is 24.3 Å². The van der Waals surface area contributed by atoms with Gasteiger partial charge in [-0.1, -0.05) is 12.1 Å². The molecule has 1 rings (SSSR count). The molecule has 2 N–H and O–H groups in total. The maximum Gasteiger partial charge on any atom is 0.0353 e. The fourth-order valence-corrected chi connectivity index (χ4v) is 1.04. The zero-order valence-corrected chi connectivity index (χ0v) is 8.46. The van der Waals surface area contributed by atoms with Crippen molar-refractivity contribution in [1.29, 1.82) is 0 Å². The summed E-state index contributed by atoms with van der Waals surface area (Å²) < 4.78 is 0. The first-order valence-electron chi connectivity index (χ1n) is 4.40. The van der Waals surface area contributed by atoms with E-state index in [2.05, 4.69) is 35.0 Å². The molecule has 0 radical (unpaired) electrons. The molecule has 1 aromatic rings. The molecule has 3 nitrogen and oxygen atoms in total. The predicted molar refractivity (Wildman–Crippen MR) is 56.5 cm³/mol. The molecule has 0 unspecified atom stereocenters. The van der Waals surface area contributed by atoms with E-state index >= 15 is 0 Å². The Morgan fingerprint density at radius 3 is 2.23 bits per heavy atom. The number of nitrogens with one attached hydrogen (secondary N) is 2. The topological polar surface area (TPSA) is 27.3 Å². The van der Waals surface area contributed by atoms with Gasteiger partial charge in [-0.2, -0.15) is 0 Å².